The molecule has 4 atom stereocenters. The van der Waals surface area contributed by atoms with E-state index in [1.54, 1.807) is 0 Å². The molecular weight excluding hydrogens is 258 g/mol. The van der Waals surface area contributed by atoms with Gasteiger partial charge in [0.15, 0.2) is 0 Å². The zero-order valence-electron chi connectivity index (χ0n) is 15.4. The van der Waals surface area contributed by atoms with Crippen LogP contribution in [-0.4, -0.2) is 24.8 Å². The fraction of sp³-hybridized carbons (Fsp3) is 1.00. The minimum atomic E-state index is 0.377. The van der Waals surface area contributed by atoms with Gasteiger partial charge in [0.05, 0.1) is 12.2 Å². The van der Waals surface area contributed by atoms with Crippen molar-refractivity contribution in [2.75, 3.05) is 6.54 Å². The highest BCUT2D eigenvalue weighted by molar-refractivity contribution is 4.85. The summed E-state index contributed by atoms with van der Waals surface area (Å²) in [5, 5.41) is 3.72. The fourth-order valence-electron chi connectivity index (χ4n) is 4.15. The van der Waals surface area contributed by atoms with Crippen LogP contribution in [0.2, 0.25) is 0 Å². The van der Waals surface area contributed by atoms with Crippen LogP contribution in [0.15, 0.2) is 0 Å². The van der Waals surface area contributed by atoms with Crippen molar-refractivity contribution in [1.82, 2.24) is 5.32 Å². The first-order chi connectivity index (χ1) is 9.91. The third-order valence-corrected chi connectivity index (χ3v) is 4.82. The first kappa shape index (κ1) is 19.0. The number of rotatable bonds is 9. The molecule has 1 fully saturated rings. The molecule has 0 spiro atoms. The molecule has 4 unspecified atom stereocenters. The van der Waals surface area contributed by atoms with Gasteiger partial charge in [0, 0.05) is 6.04 Å². The topological polar surface area (TPSA) is 21.3 Å². The van der Waals surface area contributed by atoms with Crippen LogP contribution in [-0.2, 0) is 4.74 Å². The summed E-state index contributed by atoms with van der Waals surface area (Å²) >= 11 is 0. The fourth-order valence-corrected chi connectivity index (χ4v) is 4.15. The molecule has 0 aromatic rings. The molecule has 0 bridgehead atoms. The molecule has 1 rings (SSSR count). The smallest absolute Gasteiger partial charge is 0.0729 e. The Morgan fingerprint density at radius 2 is 1.86 bits per heavy atom. The highest BCUT2D eigenvalue weighted by Gasteiger charge is 2.34. The molecule has 0 amide bonds. The van der Waals surface area contributed by atoms with E-state index in [0.717, 1.165) is 18.9 Å². The highest BCUT2D eigenvalue weighted by atomic mass is 16.5. The van der Waals surface area contributed by atoms with Crippen molar-refractivity contribution in [2.24, 2.45) is 11.3 Å². The van der Waals surface area contributed by atoms with Crippen LogP contribution in [0.3, 0.4) is 0 Å². The van der Waals surface area contributed by atoms with Gasteiger partial charge in [0.1, 0.15) is 0 Å². The Hall–Kier alpha value is -0.0800. The van der Waals surface area contributed by atoms with E-state index in [9.17, 15) is 0 Å². The lowest BCUT2D eigenvalue weighted by molar-refractivity contribution is -0.0797. The van der Waals surface area contributed by atoms with E-state index in [1.807, 2.05) is 0 Å². The van der Waals surface area contributed by atoms with Crippen LogP contribution in [0, 0.1) is 11.3 Å². The summed E-state index contributed by atoms with van der Waals surface area (Å²) in [5.74, 6) is 0.796. The van der Waals surface area contributed by atoms with Crippen molar-refractivity contribution in [2.45, 2.75) is 105 Å². The van der Waals surface area contributed by atoms with Gasteiger partial charge < -0.3 is 10.1 Å². The second-order valence-electron chi connectivity index (χ2n) is 7.97. The SMILES string of the molecule is CCCNC(CCC)C(CC)OC1CC(C)CC(C)(C)C1. The predicted octanol–water partition coefficient (Wildman–Crippen LogP) is 5.16. The summed E-state index contributed by atoms with van der Waals surface area (Å²) in [7, 11) is 0. The monoisotopic (exact) mass is 297 g/mol. The lowest BCUT2D eigenvalue weighted by Crippen LogP contribution is -2.45. The zero-order valence-corrected chi connectivity index (χ0v) is 15.4. The van der Waals surface area contributed by atoms with Gasteiger partial charge in [-0.3, -0.25) is 0 Å². The van der Waals surface area contributed by atoms with Crippen LogP contribution >= 0.6 is 0 Å². The molecule has 0 aliphatic heterocycles. The Kier molecular flexibility index (Phi) is 8.26. The highest BCUT2D eigenvalue weighted by Crippen LogP contribution is 2.40. The zero-order chi connectivity index (χ0) is 15.9. The maximum atomic E-state index is 6.60. The molecule has 0 aromatic carbocycles. The first-order valence-corrected chi connectivity index (χ1v) is 9.30. The van der Waals surface area contributed by atoms with Gasteiger partial charge >= 0.3 is 0 Å². The van der Waals surface area contributed by atoms with Crippen molar-refractivity contribution in [3.05, 3.63) is 0 Å². The molecule has 0 radical (unpaired) electrons. The molecule has 0 aromatic heterocycles. The summed E-state index contributed by atoms with van der Waals surface area (Å²) in [6.45, 7) is 15.1. The minimum absolute atomic E-state index is 0.377. The summed E-state index contributed by atoms with van der Waals surface area (Å²) in [5.41, 5.74) is 0.442. The second-order valence-corrected chi connectivity index (χ2v) is 7.97. The van der Waals surface area contributed by atoms with Crippen molar-refractivity contribution in [3.8, 4) is 0 Å². The number of hydrogen-bond acceptors (Lipinski definition) is 2. The van der Waals surface area contributed by atoms with Crippen molar-refractivity contribution < 1.29 is 4.74 Å². The summed E-state index contributed by atoms with van der Waals surface area (Å²) in [4.78, 5) is 0. The summed E-state index contributed by atoms with van der Waals surface area (Å²) in [6, 6.07) is 0.528. The third kappa shape index (κ3) is 6.69. The van der Waals surface area contributed by atoms with E-state index >= 15 is 0 Å². The Bertz CT molecular complexity index is 277. The molecule has 2 heteroatoms. The van der Waals surface area contributed by atoms with E-state index in [2.05, 4.69) is 46.9 Å². The largest absolute Gasteiger partial charge is 0.373 e. The van der Waals surface area contributed by atoms with E-state index in [4.69, 9.17) is 4.74 Å². The third-order valence-electron chi connectivity index (χ3n) is 4.82. The van der Waals surface area contributed by atoms with Crippen LogP contribution in [0.4, 0.5) is 0 Å². The maximum Gasteiger partial charge on any atom is 0.0729 e. The average Bonchev–Trinajstić information content (AvgIpc) is 2.38. The molecule has 0 heterocycles. The van der Waals surface area contributed by atoms with Gasteiger partial charge in [-0.25, -0.2) is 0 Å². The van der Waals surface area contributed by atoms with Gasteiger partial charge in [-0.15, -0.1) is 0 Å². The lowest BCUT2D eigenvalue weighted by atomic mass is 9.71. The Morgan fingerprint density at radius 1 is 1.14 bits per heavy atom. The second kappa shape index (κ2) is 9.15. The van der Waals surface area contributed by atoms with Gasteiger partial charge in [0.2, 0.25) is 0 Å². The Morgan fingerprint density at radius 3 is 2.38 bits per heavy atom. The predicted molar refractivity (Wildman–Crippen MR) is 92.7 cm³/mol. The Balaban J connectivity index is 2.61. The first-order valence-electron chi connectivity index (χ1n) is 9.30. The number of hydrogen-bond donors (Lipinski definition) is 1. The van der Waals surface area contributed by atoms with Crippen molar-refractivity contribution in [1.29, 1.82) is 0 Å². The van der Waals surface area contributed by atoms with Gasteiger partial charge in [-0.05, 0) is 56.4 Å². The molecule has 21 heavy (non-hydrogen) atoms. The molecule has 2 nitrogen and oxygen atoms in total. The standard InChI is InChI=1S/C19H39NO/c1-7-10-17(20-11-8-2)18(9-3)21-16-12-15(4)13-19(5,6)14-16/h15-18,20H,7-14H2,1-6H3. The van der Waals surface area contributed by atoms with Crippen LogP contribution in [0.25, 0.3) is 0 Å². The van der Waals surface area contributed by atoms with Crippen molar-refractivity contribution in [3.63, 3.8) is 0 Å². The van der Waals surface area contributed by atoms with E-state index < -0.39 is 0 Å². The van der Waals surface area contributed by atoms with E-state index in [0.29, 0.717) is 23.7 Å². The molecule has 1 aliphatic rings. The molecule has 126 valence electrons. The van der Waals surface area contributed by atoms with E-state index in [1.165, 1.54) is 38.5 Å². The molecule has 1 saturated carbocycles. The van der Waals surface area contributed by atoms with Gasteiger partial charge in [-0.2, -0.15) is 0 Å². The average molecular weight is 298 g/mol. The minimum Gasteiger partial charge on any atom is -0.373 e. The van der Waals surface area contributed by atoms with E-state index in [-0.39, 0.29) is 0 Å². The van der Waals surface area contributed by atoms with Crippen molar-refractivity contribution >= 4 is 0 Å². The number of nitrogens with one attached hydrogen (secondary N) is 1. The maximum absolute atomic E-state index is 6.60. The van der Waals surface area contributed by atoms with Crippen LogP contribution < -0.4 is 5.32 Å². The quantitative estimate of drug-likeness (QED) is 0.634. The Labute approximate surface area is 133 Å². The normalized spacial score (nSPS) is 28.3. The van der Waals surface area contributed by atoms with Crippen LogP contribution in [0.1, 0.15) is 86.5 Å². The van der Waals surface area contributed by atoms with Gasteiger partial charge in [0.25, 0.3) is 0 Å². The molecule has 1 aliphatic carbocycles. The summed E-state index contributed by atoms with van der Waals surface area (Å²) in [6.07, 6.45) is 9.41. The number of ether oxygens (including phenoxy) is 1. The molecular formula is C19H39NO. The van der Waals surface area contributed by atoms with Gasteiger partial charge in [-0.1, -0.05) is 48.0 Å². The van der Waals surface area contributed by atoms with Crippen LogP contribution in [0.5, 0.6) is 0 Å². The summed E-state index contributed by atoms with van der Waals surface area (Å²) < 4.78 is 6.60. The molecule has 0 saturated heterocycles. The molecule has 1 N–H and O–H groups in total. The lowest BCUT2D eigenvalue weighted by Gasteiger charge is -2.41.